The van der Waals surface area contributed by atoms with Gasteiger partial charge in [0.25, 0.3) is 0 Å². The van der Waals surface area contributed by atoms with Gasteiger partial charge in [0.05, 0.1) is 0 Å². The van der Waals surface area contributed by atoms with Gasteiger partial charge in [0.1, 0.15) is 0 Å². The smallest absolute Gasteiger partial charge is 0.0233 e. The van der Waals surface area contributed by atoms with Crippen LogP contribution < -0.4 is 10.4 Å². The van der Waals surface area contributed by atoms with Crippen LogP contribution in [0.25, 0.3) is 12.7 Å². The SMILES string of the molecule is C=CC.C=c1cccc/c1=C/C.CC.CC. The Labute approximate surface area is 102 Å². The predicted octanol–water partition coefficient (Wildman–Crippen LogP) is 4.14. The van der Waals surface area contributed by atoms with Crippen LogP contribution in [0.2, 0.25) is 0 Å². The van der Waals surface area contributed by atoms with E-state index in [0.717, 1.165) is 5.22 Å². The van der Waals surface area contributed by atoms with Crippen LogP contribution in [0.15, 0.2) is 36.9 Å². The molecule has 0 atom stereocenters. The van der Waals surface area contributed by atoms with Crippen LogP contribution in [-0.2, 0) is 0 Å². The highest BCUT2D eigenvalue weighted by Gasteiger charge is 1.74. The molecule has 1 aromatic carbocycles. The molecule has 0 unspecified atom stereocenters. The van der Waals surface area contributed by atoms with Gasteiger partial charge in [0.2, 0.25) is 0 Å². The van der Waals surface area contributed by atoms with Gasteiger partial charge in [-0.05, 0) is 24.3 Å². The third-order valence-electron chi connectivity index (χ3n) is 1.37. The molecule has 0 aromatic heterocycles. The highest BCUT2D eigenvalue weighted by molar-refractivity contribution is 5.23. The molecule has 0 fully saturated rings. The Morgan fingerprint density at radius 3 is 1.56 bits per heavy atom. The van der Waals surface area contributed by atoms with E-state index < -0.39 is 0 Å². The van der Waals surface area contributed by atoms with E-state index in [0.29, 0.717) is 0 Å². The predicted molar refractivity (Wildman–Crippen MR) is 79.9 cm³/mol. The van der Waals surface area contributed by atoms with Gasteiger partial charge in [-0.25, -0.2) is 0 Å². The monoisotopic (exact) mass is 220 g/mol. The molecule has 0 amide bonds. The fourth-order valence-corrected chi connectivity index (χ4v) is 0.816. The molecule has 0 aliphatic rings. The van der Waals surface area contributed by atoms with Gasteiger partial charge < -0.3 is 0 Å². The van der Waals surface area contributed by atoms with E-state index in [-0.39, 0.29) is 0 Å². The molecule has 0 saturated heterocycles. The van der Waals surface area contributed by atoms with Gasteiger partial charge in [-0.1, -0.05) is 70.7 Å². The summed E-state index contributed by atoms with van der Waals surface area (Å²) < 4.78 is 0. The van der Waals surface area contributed by atoms with Crippen LogP contribution in [0.3, 0.4) is 0 Å². The van der Waals surface area contributed by atoms with Crippen molar-refractivity contribution in [2.45, 2.75) is 41.5 Å². The summed E-state index contributed by atoms with van der Waals surface area (Å²) in [6.07, 6.45) is 3.81. The van der Waals surface area contributed by atoms with Gasteiger partial charge in [-0.3, -0.25) is 0 Å². The minimum absolute atomic E-state index is 1.10. The lowest BCUT2D eigenvalue weighted by Gasteiger charge is -1.82. The number of hydrogen-bond acceptors (Lipinski definition) is 0. The first kappa shape index (κ1) is 20.2. The summed E-state index contributed by atoms with van der Waals surface area (Å²) in [6, 6.07) is 8.08. The van der Waals surface area contributed by atoms with Gasteiger partial charge in [-0.2, -0.15) is 0 Å². The Morgan fingerprint density at radius 1 is 0.938 bits per heavy atom. The quantitative estimate of drug-likeness (QED) is 0.576. The molecule has 0 nitrogen and oxygen atoms in total. The lowest BCUT2D eigenvalue weighted by atomic mass is 10.2. The van der Waals surface area contributed by atoms with Crippen LogP contribution in [-0.4, -0.2) is 0 Å². The van der Waals surface area contributed by atoms with Crippen molar-refractivity contribution in [3.8, 4) is 0 Å². The Morgan fingerprint density at radius 2 is 1.31 bits per heavy atom. The first-order valence-corrected chi connectivity index (χ1v) is 6.03. The maximum Gasteiger partial charge on any atom is -0.0233 e. The zero-order chi connectivity index (χ0) is 13.4. The third-order valence-corrected chi connectivity index (χ3v) is 1.37. The van der Waals surface area contributed by atoms with Crippen molar-refractivity contribution in [3.05, 3.63) is 47.4 Å². The van der Waals surface area contributed by atoms with Crippen LogP contribution in [0.4, 0.5) is 0 Å². The van der Waals surface area contributed by atoms with Gasteiger partial charge in [0, 0.05) is 0 Å². The Hall–Kier alpha value is -1.30. The normalized spacial score (nSPS) is 8.25. The largest absolute Gasteiger partial charge is 0.103 e. The summed E-state index contributed by atoms with van der Waals surface area (Å²) in [5, 5.41) is 2.32. The zero-order valence-corrected chi connectivity index (χ0v) is 11.9. The van der Waals surface area contributed by atoms with Crippen molar-refractivity contribution < 1.29 is 0 Å². The molecule has 92 valence electrons. The van der Waals surface area contributed by atoms with Crippen molar-refractivity contribution in [1.29, 1.82) is 0 Å². The Balaban J connectivity index is -0.000000206. The summed E-state index contributed by atoms with van der Waals surface area (Å²) in [5.41, 5.74) is 0. The summed E-state index contributed by atoms with van der Waals surface area (Å²) in [4.78, 5) is 0. The first-order chi connectivity index (χ1) is 7.76. The fourth-order valence-electron chi connectivity index (χ4n) is 0.816. The molecule has 1 rings (SSSR count). The molecule has 0 radical (unpaired) electrons. The molecule has 0 heteroatoms. The second kappa shape index (κ2) is 19.3. The van der Waals surface area contributed by atoms with Crippen LogP contribution >= 0.6 is 0 Å². The van der Waals surface area contributed by atoms with Crippen LogP contribution in [0.1, 0.15) is 41.5 Å². The number of allylic oxidation sites excluding steroid dienone is 1. The molecule has 0 heterocycles. The van der Waals surface area contributed by atoms with Crippen molar-refractivity contribution in [2.75, 3.05) is 0 Å². The van der Waals surface area contributed by atoms with Gasteiger partial charge in [-0.15, -0.1) is 6.58 Å². The minimum Gasteiger partial charge on any atom is -0.103 e. The summed E-state index contributed by atoms with van der Waals surface area (Å²) >= 11 is 0. The molecule has 0 N–H and O–H groups in total. The van der Waals surface area contributed by atoms with Crippen molar-refractivity contribution in [2.24, 2.45) is 0 Å². The highest BCUT2D eigenvalue weighted by Crippen LogP contribution is 1.68. The minimum atomic E-state index is 1.10. The molecule has 0 aliphatic heterocycles. The van der Waals surface area contributed by atoms with Gasteiger partial charge in [0.15, 0.2) is 0 Å². The van der Waals surface area contributed by atoms with E-state index in [1.165, 1.54) is 5.22 Å². The van der Waals surface area contributed by atoms with Crippen molar-refractivity contribution in [3.63, 3.8) is 0 Å². The summed E-state index contributed by atoms with van der Waals surface area (Å²) in [7, 11) is 0. The Bertz CT molecular complexity index is 320. The first-order valence-electron chi connectivity index (χ1n) is 6.03. The average molecular weight is 220 g/mol. The van der Waals surface area contributed by atoms with E-state index in [2.05, 4.69) is 25.3 Å². The molecule has 16 heavy (non-hydrogen) atoms. The standard InChI is InChI=1S/C9H10.C3H6.2C2H6/c1-3-9-7-5-4-6-8(9)2;1-3-2;2*1-2/h3-7H,2H2,1H3;3H,1H2,2H3;2*1-2H3/b9-3-;;;. The van der Waals surface area contributed by atoms with E-state index >= 15 is 0 Å². The molecular weight excluding hydrogens is 192 g/mol. The number of benzene rings is 1. The lowest BCUT2D eigenvalue weighted by molar-refractivity contribution is 1.50. The molecule has 0 saturated carbocycles. The molecular formula is C16H28. The summed E-state index contributed by atoms with van der Waals surface area (Å²) in [6.45, 7) is 19.1. The van der Waals surface area contributed by atoms with Crippen molar-refractivity contribution >= 4 is 12.7 Å². The number of hydrogen-bond donors (Lipinski definition) is 0. The maximum absolute atomic E-state index is 3.86. The zero-order valence-electron chi connectivity index (χ0n) is 11.9. The van der Waals surface area contributed by atoms with E-state index in [1.54, 1.807) is 6.08 Å². The molecule has 0 spiro atoms. The third kappa shape index (κ3) is 12.7. The van der Waals surface area contributed by atoms with Crippen molar-refractivity contribution in [1.82, 2.24) is 0 Å². The van der Waals surface area contributed by atoms with E-state index in [9.17, 15) is 0 Å². The average Bonchev–Trinajstić information content (AvgIpc) is 2.36. The van der Waals surface area contributed by atoms with Crippen LogP contribution in [0, 0.1) is 0 Å². The Kier molecular flexibility index (Phi) is 24.3. The lowest BCUT2D eigenvalue weighted by Crippen LogP contribution is -2.20. The molecule has 1 aromatic rings. The molecule has 0 bridgehead atoms. The van der Waals surface area contributed by atoms with E-state index in [4.69, 9.17) is 0 Å². The fraction of sp³-hybridized carbons (Fsp3) is 0.375. The highest BCUT2D eigenvalue weighted by atomic mass is 13.8. The second-order valence-corrected chi connectivity index (χ2v) is 2.40. The maximum atomic E-state index is 3.86. The van der Waals surface area contributed by atoms with Crippen LogP contribution in [0.5, 0.6) is 0 Å². The van der Waals surface area contributed by atoms with E-state index in [1.807, 2.05) is 59.7 Å². The molecule has 0 aliphatic carbocycles. The second-order valence-electron chi connectivity index (χ2n) is 2.40. The number of rotatable bonds is 0. The topological polar surface area (TPSA) is 0 Å². The van der Waals surface area contributed by atoms with Gasteiger partial charge >= 0.3 is 0 Å². The summed E-state index contributed by atoms with van der Waals surface area (Å²) in [5.74, 6) is 0.